The SMILES string of the molecule is COC(=O)c1sc2cc(NC(=S)Nc3nn(Cc4ccccc4F)cc3Br)ccc2c1Cl. The van der Waals surface area contributed by atoms with Gasteiger partial charge in [-0.25, -0.2) is 9.18 Å². The second-order valence-corrected chi connectivity index (χ2v) is 9.33. The molecule has 0 bridgehead atoms. The number of hydrogen-bond donors (Lipinski definition) is 2. The zero-order valence-electron chi connectivity index (χ0n) is 16.5. The number of carbonyl (C=O) groups is 1. The lowest BCUT2D eigenvalue weighted by atomic mass is 10.2. The Morgan fingerprint density at radius 3 is 2.84 bits per heavy atom. The molecule has 11 heteroatoms. The second kappa shape index (κ2) is 9.53. The zero-order valence-corrected chi connectivity index (χ0v) is 20.5. The highest BCUT2D eigenvalue weighted by Crippen LogP contribution is 2.37. The van der Waals surface area contributed by atoms with Gasteiger partial charge < -0.3 is 15.4 Å². The van der Waals surface area contributed by atoms with Crippen molar-refractivity contribution in [2.24, 2.45) is 0 Å². The Labute approximate surface area is 205 Å². The fourth-order valence-corrected chi connectivity index (χ4v) is 5.10. The molecule has 4 rings (SSSR count). The molecule has 2 aromatic heterocycles. The van der Waals surface area contributed by atoms with E-state index >= 15 is 0 Å². The highest BCUT2D eigenvalue weighted by molar-refractivity contribution is 9.10. The summed E-state index contributed by atoms with van der Waals surface area (Å²) >= 11 is 16.4. The van der Waals surface area contributed by atoms with E-state index in [1.165, 1.54) is 24.5 Å². The van der Waals surface area contributed by atoms with E-state index in [1.54, 1.807) is 29.1 Å². The maximum Gasteiger partial charge on any atom is 0.349 e. The van der Waals surface area contributed by atoms with Gasteiger partial charge in [0.15, 0.2) is 10.9 Å². The largest absolute Gasteiger partial charge is 0.465 e. The molecule has 2 N–H and O–H groups in total. The second-order valence-electron chi connectivity index (χ2n) is 6.64. The van der Waals surface area contributed by atoms with Gasteiger partial charge in [0.05, 0.1) is 23.1 Å². The van der Waals surface area contributed by atoms with Gasteiger partial charge in [-0.15, -0.1) is 11.3 Å². The van der Waals surface area contributed by atoms with Gasteiger partial charge in [0.2, 0.25) is 0 Å². The average molecular weight is 554 g/mol. The number of aromatic nitrogens is 2. The summed E-state index contributed by atoms with van der Waals surface area (Å²) in [6.45, 7) is 0.283. The Balaban J connectivity index is 1.47. The predicted octanol–water partition coefficient (Wildman–Crippen LogP) is 6.30. The molecule has 4 aromatic rings. The van der Waals surface area contributed by atoms with Crippen molar-refractivity contribution in [2.75, 3.05) is 17.7 Å². The van der Waals surface area contributed by atoms with Crippen LogP contribution in [0.2, 0.25) is 5.02 Å². The van der Waals surface area contributed by atoms with Crippen LogP contribution in [-0.4, -0.2) is 28.0 Å². The molecule has 0 spiro atoms. The number of nitrogens with zero attached hydrogens (tertiary/aromatic N) is 2. The lowest BCUT2D eigenvalue weighted by molar-refractivity contribution is 0.0606. The quantitative estimate of drug-likeness (QED) is 0.223. The van der Waals surface area contributed by atoms with Crippen LogP contribution in [0.15, 0.2) is 53.1 Å². The van der Waals surface area contributed by atoms with Crippen LogP contribution in [0.5, 0.6) is 0 Å². The number of thiocarbonyl (C=S) groups is 1. The number of anilines is 2. The summed E-state index contributed by atoms with van der Waals surface area (Å²) in [6, 6.07) is 12.0. The van der Waals surface area contributed by atoms with Gasteiger partial charge in [-0.3, -0.25) is 4.68 Å². The molecular weight excluding hydrogens is 539 g/mol. The van der Waals surface area contributed by atoms with Gasteiger partial charge in [-0.1, -0.05) is 29.8 Å². The Morgan fingerprint density at radius 2 is 2.09 bits per heavy atom. The third-order valence-electron chi connectivity index (χ3n) is 4.50. The lowest BCUT2D eigenvalue weighted by Gasteiger charge is -2.09. The van der Waals surface area contributed by atoms with Gasteiger partial charge >= 0.3 is 5.97 Å². The monoisotopic (exact) mass is 552 g/mol. The maximum atomic E-state index is 13.9. The number of nitrogens with one attached hydrogen (secondary N) is 2. The van der Waals surface area contributed by atoms with Crippen LogP contribution in [0.4, 0.5) is 15.9 Å². The van der Waals surface area contributed by atoms with Crippen molar-refractivity contribution in [3.05, 3.63) is 74.4 Å². The summed E-state index contributed by atoms with van der Waals surface area (Å²) in [5.74, 6) is -0.268. The number of thiophene rings is 1. The highest BCUT2D eigenvalue weighted by atomic mass is 79.9. The van der Waals surface area contributed by atoms with Crippen molar-refractivity contribution in [1.29, 1.82) is 0 Å². The smallest absolute Gasteiger partial charge is 0.349 e. The third kappa shape index (κ3) is 4.78. The van der Waals surface area contributed by atoms with Crippen molar-refractivity contribution in [2.45, 2.75) is 6.54 Å². The minimum Gasteiger partial charge on any atom is -0.465 e. The topological polar surface area (TPSA) is 68.2 Å². The van der Waals surface area contributed by atoms with Gasteiger partial charge in [-0.2, -0.15) is 5.10 Å². The Kier molecular flexibility index (Phi) is 6.75. The summed E-state index contributed by atoms with van der Waals surface area (Å²) in [5, 5.41) is 12.0. The molecule has 0 aliphatic carbocycles. The van der Waals surface area contributed by atoms with Crippen molar-refractivity contribution >= 4 is 83.8 Å². The minimum atomic E-state index is -0.473. The van der Waals surface area contributed by atoms with E-state index in [4.69, 9.17) is 28.6 Å². The lowest BCUT2D eigenvalue weighted by Crippen LogP contribution is -2.19. The van der Waals surface area contributed by atoms with Crippen LogP contribution in [0, 0.1) is 5.82 Å². The van der Waals surface area contributed by atoms with E-state index in [0.29, 0.717) is 36.6 Å². The minimum absolute atomic E-state index is 0.283. The molecule has 2 aromatic carbocycles. The van der Waals surface area contributed by atoms with Crippen molar-refractivity contribution < 1.29 is 13.9 Å². The number of carbonyl (C=O) groups excluding carboxylic acids is 1. The number of fused-ring (bicyclic) bond motifs is 1. The first-order chi connectivity index (χ1) is 15.4. The molecule has 0 radical (unpaired) electrons. The van der Waals surface area contributed by atoms with Gasteiger partial charge in [0.25, 0.3) is 0 Å². The van der Waals surface area contributed by atoms with Crippen LogP contribution in [0.3, 0.4) is 0 Å². The summed E-state index contributed by atoms with van der Waals surface area (Å²) in [5.41, 5.74) is 1.25. The molecule has 164 valence electrons. The number of benzene rings is 2. The van der Waals surface area contributed by atoms with E-state index in [9.17, 15) is 9.18 Å². The molecule has 0 fully saturated rings. The molecule has 32 heavy (non-hydrogen) atoms. The van der Waals surface area contributed by atoms with Crippen LogP contribution >= 0.6 is 51.1 Å². The van der Waals surface area contributed by atoms with Crippen molar-refractivity contribution in [1.82, 2.24) is 9.78 Å². The summed E-state index contributed by atoms with van der Waals surface area (Å²) in [7, 11) is 1.32. The predicted molar refractivity (Wildman–Crippen MR) is 133 cm³/mol. The molecule has 0 aliphatic heterocycles. The number of rotatable bonds is 5. The van der Waals surface area contributed by atoms with E-state index in [0.717, 1.165) is 10.1 Å². The zero-order chi connectivity index (χ0) is 22.8. The Morgan fingerprint density at radius 1 is 1.31 bits per heavy atom. The van der Waals surface area contributed by atoms with Crippen molar-refractivity contribution in [3.8, 4) is 0 Å². The van der Waals surface area contributed by atoms with Gasteiger partial charge in [0.1, 0.15) is 10.7 Å². The Hall–Kier alpha value is -2.53. The highest BCUT2D eigenvalue weighted by Gasteiger charge is 2.18. The fourth-order valence-electron chi connectivity index (χ4n) is 3.00. The number of hydrogen-bond acceptors (Lipinski definition) is 5. The van der Waals surface area contributed by atoms with Crippen LogP contribution in [0.25, 0.3) is 10.1 Å². The van der Waals surface area contributed by atoms with Crippen LogP contribution in [-0.2, 0) is 11.3 Å². The molecule has 0 amide bonds. The number of ether oxygens (including phenoxy) is 1. The molecule has 0 saturated heterocycles. The molecule has 0 unspecified atom stereocenters. The number of methoxy groups -OCH3 is 1. The van der Waals surface area contributed by atoms with E-state index in [-0.39, 0.29) is 12.4 Å². The van der Waals surface area contributed by atoms with E-state index in [2.05, 4.69) is 31.7 Å². The molecule has 0 aliphatic rings. The summed E-state index contributed by atoms with van der Waals surface area (Å²) < 4.78 is 21.8. The molecular formula is C21H15BrClFN4O2S2. The van der Waals surface area contributed by atoms with Gasteiger partial charge in [-0.05, 0) is 52.4 Å². The van der Waals surface area contributed by atoms with Crippen LogP contribution in [0.1, 0.15) is 15.2 Å². The van der Waals surface area contributed by atoms with Crippen molar-refractivity contribution in [3.63, 3.8) is 0 Å². The van der Waals surface area contributed by atoms with Crippen LogP contribution < -0.4 is 10.6 Å². The molecule has 2 heterocycles. The summed E-state index contributed by atoms with van der Waals surface area (Å²) in [6.07, 6.45) is 1.74. The van der Waals surface area contributed by atoms with E-state index in [1.807, 2.05) is 18.2 Å². The van der Waals surface area contributed by atoms with Gasteiger partial charge in [0, 0.05) is 27.5 Å². The summed E-state index contributed by atoms with van der Waals surface area (Å²) in [4.78, 5) is 12.2. The normalized spacial score (nSPS) is 10.9. The average Bonchev–Trinajstić information content (AvgIpc) is 3.28. The molecule has 6 nitrogen and oxygen atoms in total. The standard InChI is InChI=1S/C21H15BrClFN4O2S2/c1-30-20(29)18-17(23)13-7-6-12(8-16(13)32-18)25-21(31)26-19-14(22)10-28(27-19)9-11-4-2-3-5-15(11)24/h2-8,10H,9H2,1H3,(H2,25,26,27,31). The number of esters is 1. The first kappa shape index (κ1) is 22.7. The number of halogens is 3. The fraction of sp³-hybridized carbons (Fsp3) is 0.0952. The molecule has 0 atom stereocenters. The first-order valence-electron chi connectivity index (χ1n) is 9.20. The maximum absolute atomic E-state index is 13.9. The third-order valence-corrected chi connectivity index (χ3v) is 6.92. The Bertz CT molecular complexity index is 1340. The first-order valence-corrected chi connectivity index (χ1v) is 11.6. The van der Waals surface area contributed by atoms with E-state index < -0.39 is 5.97 Å². The molecule has 0 saturated carbocycles.